The van der Waals surface area contributed by atoms with Crippen molar-refractivity contribution in [2.75, 3.05) is 13.1 Å². The van der Waals surface area contributed by atoms with Gasteiger partial charge in [0.25, 0.3) is 0 Å². The number of likely N-dealkylation sites (tertiary alicyclic amines) is 1. The van der Waals surface area contributed by atoms with Crippen molar-refractivity contribution in [3.63, 3.8) is 0 Å². The average Bonchev–Trinajstić information content (AvgIpc) is 2.38. The summed E-state index contributed by atoms with van der Waals surface area (Å²) < 4.78 is 0. The third-order valence-corrected chi connectivity index (χ3v) is 4.98. The summed E-state index contributed by atoms with van der Waals surface area (Å²) in [5.74, 6) is 0.220. The van der Waals surface area contributed by atoms with Crippen molar-refractivity contribution in [3.05, 3.63) is 34.9 Å². The lowest BCUT2D eigenvalue weighted by Crippen LogP contribution is -2.53. The molecule has 1 amide bonds. The lowest BCUT2D eigenvalue weighted by molar-refractivity contribution is -0.143. The maximum atomic E-state index is 12.9. The molecule has 1 aromatic carbocycles. The Hall–Kier alpha value is -1.06. The molecule has 0 unspecified atom stereocenters. The Labute approximate surface area is 124 Å². The molecule has 1 aliphatic carbocycles. The van der Waals surface area contributed by atoms with Crippen molar-refractivity contribution >= 4 is 17.5 Å². The quantitative estimate of drug-likeness (QED) is 0.911. The molecule has 2 fully saturated rings. The molecular weight excluding hydrogens is 274 g/mol. The van der Waals surface area contributed by atoms with Gasteiger partial charge in [-0.25, -0.2) is 0 Å². The Bertz CT molecular complexity index is 505. The van der Waals surface area contributed by atoms with Gasteiger partial charge in [-0.2, -0.15) is 0 Å². The predicted octanol–water partition coefficient (Wildman–Crippen LogP) is 2.75. The Kier molecular flexibility index (Phi) is 3.74. The number of amides is 1. The van der Waals surface area contributed by atoms with E-state index in [9.17, 15) is 9.90 Å². The molecule has 4 heteroatoms. The van der Waals surface area contributed by atoms with Crippen LogP contribution < -0.4 is 0 Å². The highest BCUT2D eigenvalue weighted by Crippen LogP contribution is 2.46. The van der Waals surface area contributed by atoms with Gasteiger partial charge >= 0.3 is 0 Å². The van der Waals surface area contributed by atoms with E-state index in [0.717, 1.165) is 24.8 Å². The van der Waals surface area contributed by atoms with Gasteiger partial charge in [0.15, 0.2) is 0 Å². The van der Waals surface area contributed by atoms with Crippen LogP contribution >= 0.6 is 11.6 Å². The molecule has 0 bridgehead atoms. The molecule has 0 spiro atoms. The number of hydrogen-bond donors (Lipinski definition) is 1. The molecule has 108 valence electrons. The zero-order valence-corrected chi connectivity index (χ0v) is 12.3. The third kappa shape index (κ3) is 2.33. The van der Waals surface area contributed by atoms with E-state index in [-0.39, 0.29) is 17.4 Å². The number of nitrogens with zero attached hydrogens (tertiary/aromatic N) is 1. The van der Waals surface area contributed by atoms with E-state index in [1.807, 2.05) is 29.2 Å². The number of halogens is 1. The van der Waals surface area contributed by atoms with Gasteiger partial charge in [-0.05, 0) is 43.4 Å². The first kappa shape index (κ1) is 13.9. The predicted molar refractivity (Wildman–Crippen MR) is 78.8 cm³/mol. The molecule has 0 radical (unpaired) electrons. The van der Waals surface area contributed by atoms with Gasteiger partial charge in [0.1, 0.15) is 0 Å². The van der Waals surface area contributed by atoms with Crippen LogP contribution in [0.5, 0.6) is 0 Å². The number of hydrogen-bond acceptors (Lipinski definition) is 2. The van der Waals surface area contributed by atoms with E-state index in [4.69, 9.17) is 11.6 Å². The topological polar surface area (TPSA) is 40.5 Å². The highest BCUT2D eigenvalue weighted by molar-refractivity contribution is 6.30. The zero-order valence-electron chi connectivity index (χ0n) is 11.5. The average molecular weight is 294 g/mol. The molecular formula is C16H20ClNO2. The minimum absolute atomic E-state index is 0.220. The first-order valence-electron chi connectivity index (χ1n) is 7.35. The highest BCUT2D eigenvalue weighted by atomic mass is 35.5. The lowest BCUT2D eigenvalue weighted by Gasteiger charge is -2.45. The van der Waals surface area contributed by atoms with Gasteiger partial charge in [0, 0.05) is 18.1 Å². The monoisotopic (exact) mass is 293 g/mol. The lowest BCUT2D eigenvalue weighted by atomic mass is 9.63. The Balaban J connectivity index is 1.84. The number of aliphatic hydroxyl groups is 1. The van der Waals surface area contributed by atoms with Crippen molar-refractivity contribution < 1.29 is 9.90 Å². The van der Waals surface area contributed by atoms with Gasteiger partial charge < -0.3 is 10.0 Å². The Morgan fingerprint density at radius 1 is 1.30 bits per heavy atom. The van der Waals surface area contributed by atoms with Crippen LogP contribution in [0.15, 0.2) is 24.3 Å². The van der Waals surface area contributed by atoms with E-state index in [2.05, 4.69) is 0 Å². The smallest absolute Gasteiger partial charge is 0.233 e. The van der Waals surface area contributed by atoms with E-state index in [1.165, 1.54) is 0 Å². The van der Waals surface area contributed by atoms with Gasteiger partial charge in [0.2, 0.25) is 5.91 Å². The molecule has 0 atom stereocenters. The summed E-state index contributed by atoms with van der Waals surface area (Å²) in [6.45, 7) is 1.34. The van der Waals surface area contributed by atoms with Gasteiger partial charge in [-0.3, -0.25) is 4.79 Å². The number of rotatable bonds is 2. The van der Waals surface area contributed by atoms with E-state index in [0.29, 0.717) is 31.0 Å². The second-order valence-corrected chi connectivity index (χ2v) is 6.41. The van der Waals surface area contributed by atoms with Gasteiger partial charge in [-0.15, -0.1) is 0 Å². The van der Waals surface area contributed by atoms with Crippen molar-refractivity contribution in [2.24, 2.45) is 0 Å². The number of piperidine rings is 1. The van der Waals surface area contributed by atoms with Crippen molar-refractivity contribution in [2.45, 2.75) is 43.6 Å². The summed E-state index contributed by atoms with van der Waals surface area (Å²) in [6.07, 6.45) is 4.04. The largest absolute Gasteiger partial charge is 0.393 e. The van der Waals surface area contributed by atoms with Crippen molar-refractivity contribution in [1.82, 2.24) is 4.90 Å². The molecule has 0 aromatic heterocycles. The second kappa shape index (κ2) is 5.38. The number of carbonyl (C=O) groups excluding carboxylic acids is 1. The van der Waals surface area contributed by atoms with Crippen LogP contribution in [0, 0.1) is 0 Å². The van der Waals surface area contributed by atoms with Crippen molar-refractivity contribution in [3.8, 4) is 0 Å². The number of aliphatic hydroxyl groups excluding tert-OH is 1. The summed E-state index contributed by atoms with van der Waals surface area (Å²) in [4.78, 5) is 14.8. The molecule has 1 saturated heterocycles. The first-order valence-corrected chi connectivity index (χ1v) is 7.73. The SMILES string of the molecule is O=C(N1CCC(O)CC1)C1(c2cccc(Cl)c2)CCC1. The molecule has 1 aromatic rings. The van der Waals surface area contributed by atoms with E-state index in [1.54, 1.807) is 0 Å². The summed E-state index contributed by atoms with van der Waals surface area (Å²) >= 11 is 6.08. The maximum absolute atomic E-state index is 12.9. The van der Waals surface area contributed by atoms with E-state index < -0.39 is 0 Å². The van der Waals surface area contributed by atoms with Crippen LogP contribution in [0.25, 0.3) is 0 Å². The number of carbonyl (C=O) groups is 1. The van der Waals surface area contributed by atoms with Crippen LogP contribution in [0.4, 0.5) is 0 Å². The maximum Gasteiger partial charge on any atom is 0.233 e. The molecule has 1 aliphatic heterocycles. The van der Waals surface area contributed by atoms with Crippen molar-refractivity contribution in [1.29, 1.82) is 0 Å². The fourth-order valence-electron chi connectivity index (χ4n) is 3.31. The summed E-state index contributed by atoms with van der Waals surface area (Å²) in [5, 5.41) is 10.3. The normalized spacial score (nSPS) is 22.4. The first-order chi connectivity index (χ1) is 9.62. The fraction of sp³-hybridized carbons (Fsp3) is 0.562. The number of benzene rings is 1. The molecule has 3 nitrogen and oxygen atoms in total. The zero-order chi connectivity index (χ0) is 14.2. The summed E-state index contributed by atoms with van der Waals surface area (Å²) in [6, 6.07) is 7.71. The molecule has 1 heterocycles. The van der Waals surface area contributed by atoms with E-state index >= 15 is 0 Å². The molecule has 1 saturated carbocycles. The highest BCUT2D eigenvalue weighted by Gasteiger charge is 2.48. The minimum atomic E-state index is -0.368. The van der Waals surface area contributed by atoms with Crippen LogP contribution in [0.3, 0.4) is 0 Å². The van der Waals surface area contributed by atoms with Crippen LogP contribution in [0.1, 0.15) is 37.7 Å². The Morgan fingerprint density at radius 3 is 2.55 bits per heavy atom. The van der Waals surface area contributed by atoms with Crippen LogP contribution in [-0.4, -0.2) is 35.1 Å². The van der Waals surface area contributed by atoms with Crippen LogP contribution in [0.2, 0.25) is 5.02 Å². The van der Waals surface area contributed by atoms with Crippen LogP contribution in [-0.2, 0) is 10.2 Å². The molecule has 1 N–H and O–H groups in total. The molecule has 20 heavy (non-hydrogen) atoms. The van der Waals surface area contributed by atoms with Gasteiger partial charge in [0.05, 0.1) is 11.5 Å². The molecule has 3 rings (SSSR count). The third-order valence-electron chi connectivity index (χ3n) is 4.75. The fourth-order valence-corrected chi connectivity index (χ4v) is 3.50. The van der Waals surface area contributed by atoms with Gasteiger partial charge in [-0.1, -0.05) is 30.2 Å². The molecule has 2 aliphatic rings. The minimum Gasteiger partial charge on any atom is -0.393 e. The second-order valence-electron chi connectivity index (χ2n) is 5.97. The standard InChI is InChI=1S/C16H20ClNO2/c17-13-4-1-3-12(11-13)16(7-2-8-16)15(20)18-9-5-14(19)6-10-18/h1,3-4,11,14,19H,2,5-10H2. The summed E-state index contributed by atoms with van der Waals surface area (Å²) in [7, 11) is 0. The Morgan fingerprint density at radius 2 is 2.00 bits per heavy atom. The summed E-state index contributed by atoms with van der Waals surface area (Å²) in [5.41, 5.74) is 0.681.